The number of benzene rings is 1. The Morgan fingerprint density at radius 1 is 1.07 bits per heavy atom. The number of aliphatic hydroxyl groups is 1. The molecule has 4 rings (SSSR count). The third-order valence-corrected chi connectivity index (χ3v) is 4.13. The molecule has 0 saturated carbocycles. The third kappa shape index (κ3) is 3.42. The molecule has 136 valence electrons. The molecule has 3 heterocycles. The summed E-state index contributed by atoms with van der Waals surface area (Å²) < 4.78 is 1.69. The van der Waals surface area contributed by atoms with E-state index in [0.29, 0.717) is 17.3 Å². The second-order valence-corrected chi connectivity index (χ2v) is 6.26. The van der Waals surface area contributed by atoms with Gasteiger partial charge in [-0.15, -0.1) is 5.10 Å². The molecule has 8 heteroatoms. The second kappa shape index (κ2) is 7.00. The quantitative estimate of drug-likeness (QED) is 0.564. The van der Waals surface area contributed by atoms with Crippen LogP contribution in [0.15, 0.2) is 55.0 Å². The smallest absolute Gasteiger partial charge is 0.247 e. The van der Waals surface area contributed by atoms with Gasteiger partial charge < -0.3 is 15.3 Å². The summed E-state index contributed by atoms with van der Waals surface area (Å²) in [6.07, 6.45) is 5.23. The molecule has 0 aliphatic rings. The van der Waals surface area contributed by atoms with Crippen LogP contribution in [-0.2, 0) is 6.61 Å². The zero-order valence-electron chi connectivity index (χ0n) is 15.0. The Morgan fingerprint density at radius 3 is 2.56 bits per heavy atom. The van der Waals surface area contributed by atoms with E-state index in [4.69, 9.17) is 5.11 Å². The Labute approximate surface area is 156 Å². The van der Waals surface area contributed by atoms with Crippen LogP contribution in [0.3, 0.4) is 0 Å². The number of rotatable bonds is 5. The van der Waals surface area contributed by atoms with Crippen LogP contribution in [0.1, 0.15) is 5.56 Å². The van der Waals surface area contributed by atoms with Crippen LogP contribution in [0.25, 0.3) is 16.9 Å². The Hall–Kier alpha value is -3.52. The van der Waals surface area contributed by atoms with Gasteiger partial charge in [-0.3, -0.25) is 4.98 Å². The lowest BCUT2D eigenvalue weighted by molar-refractivity contribution is 0.282. The summed E-state index contributed by atoms with van der Waals surface area (Å²) >= 11 is 0. The maximum absolute atomic E-state index is 9.14. The molecule has 0 atom stereocenters. The fourth-order valence-corrected chi connectivity index (χ4v) is 2.69. The second-order valence-electron chi connectivity index (χ2n) is 6.26. The lowest BCUT2D eigenvalue weighted by Crippen LogP contribution is -2.10. The molecular weight excluding hydrogens is 342 g/mol. The molecule has 0 aliphatic heterocycles. The van der Waals surface area contributed by atoms with Crippen LogP contribution in [0, 0.1) is 0 Å². The van der Waals surface area contributed by atoms with Crippen molar-refractivity contribution in [3.8, 4) is 11.3 Å². The van der Waals surface area contributed by atoms with Crippen molar-refractivity contribution in [2.24, 2.45) is 0 Å². The molecule has 1 aromatic carbocycles. The largest absolute Gasteiger partial charge is 0.392 e. The van der Waals surface area contributed by atoms with Crippen LogP contribution in [0.5, 0.6) is 0 Å². The predicted octanol–water partition coefficient (Wildman–Crippen LogP) is 2.49. The summed E-state index contributed by atoms with van der Waals surface area (Å²) in [5, 5.41) is 16.8. The number of fused-ring (bicyclic) bond motifs is 1. The van der Waals surface area contributed by atoms with Crippen LogP contribution >= 0.6 is 0 Å². The molecule has 27 heavy (non-hydrogen) atoms. The van der Waals surface area contributed by atoms with Crippen molar-refractivity contribution in [2.75, 3.05) is 24.3 Å². The van der Waals surface area contributed by atoms with E-state index in [1.54, 1.807) is 23.1 Å². The standard InChI is InChI=1S/C19H19N7O/c1-25(2)16-8-5-14(11-21-16)17-18-23-19(24-26(18)10-9-20-17)22-15-6-3-13(12-27)4-7-15/h3-11,27H,12H2,1-2H3,(H,22,24). The van der Waals surface area contributed by atoms with Crippen molar-refractivity contribution >= 4 is 23.1 Å². The van der Waals surface area contributed by atoms with E-state index in [1.165, 1.54) is 0 Å². The summed E-state index contributed by atoms with van der Waals surface area (Å²) in [6.45, 7) is 0.0164. The number of anilines is 3. The zero-order chi connectivity index (χ0) is 18.8. The Bertz CT molecular complexity index is 1060. The first kappa shape index (κ1) is 16.9. The van der Waals surface area contributed by atoms with Crippen molar-refractivity contribution in [3.63, 3.8) is 0 Å². The monoisotopic (exact) mass is 361 g/mol. The minimum absolute atomic E-state index is 0.0164. The Kier molecular flexibility index (Phi) is 4.39. The molecule has 0 bridgehead atoms. The minimum Gasteiger partial charge on any atom is -0.392 e. The van der Waals surface area contributed by atoms with Gasteiger partial charge in [0.05, 0.1) is 6.61 Å². The van der Waals surface area contributed by atoms with Crippen LogP contribution in [0.2, 0.25) is 0 Å². The molecule has 4 aromatic rings. The molecule has 2 N–H and O–H groups in total. The maximum Gasteiger partial charge on any atom is 0.247 e. The summed E-state index contributed by atoms with van der Waals surface area (Å²) in [5.74, 6) is 1.35. The Balaban J connectivity index is 1.67. The van der Waals surface area contributed by atoms with E-state index >= 15 is 0 Å². The maximum atomic E-state index is 9.14. The van der Waals surface area contributed by atoms with Crippen LogP contribution in [0.4, 0.5) is 17.5 Å². The number of aliphatic hydroxyl groups excluding tert-OH is 1. The molecule has 0 fully saturated rings. The van der Waals surface area contributed by atoms with Gasteiger partial charge in [-0.25, -0.2) is 9.50 Å². The number of nitrogens with one attached hydrogen (secondary N) is 1. The molecule has 0 aliphatic carbocycles. The van der Waals surface area contributed by atoms with Gasteiger partial charge in [0, 0.05) is 43.9 Å². The third-order valence-electron chi connectivity index (χ3n) is 4.13. The van der Waals surface area contributed by atoms with Crippen molar-refractivity contribution in [3.05, 3.63) is 60.6 Å². The molecule has 0 spiro atoms. The van der Waals surface area contributed by atoms with Gasteiger partial charge in [-0.1, -0.05) is 12.1 Å². The summed E-state index contributed by atoms with van der Waals surface area (Å²) in [6, 6.07) is 11.4. The van der Waals surface area contributed by atoms with E-state index in [-0.39, 0.29) is 6.61 Å². The number of nitrogens with zero attached hydrogens (tertiary/aromatic N) is 6. The van der Waals surface area contributed by atoms with Gasteiger partial charge in [0.15, 0.2) is 5.65 Å². The minimum atomic E-state index is 0.0164. The molecule has 8 nitrogen and oxygen atoms in total. The summed E-state index contributed by atoms with van der Waals surface area (Å²) in [4.78, 5) is 15.4. The SMILES string of the molecule is CN(C)c1ccc(-c2nccn3nc(Nc4ccc(CO)cc4)nc23)cn1. The van der Waals surface area contributed by atoms with Gasteiger partial charge in [0.25, 0.3) is 0 Å². The average molecular weight is 361 g/mol. The van der Waals surface area contributed by atoms with Crippen molar-refractivity contribution in [1.29, 1.82) is 0 Å². The lowest BCUT2D eigenvalue weighted by atomic mass is 10.2. The summed E-state index contributed by atoms with van der Waals surface area (Å²) in [5.41, 5.74) is 3.92. The highest BCUT2D eigenvalue weighted by molar-refractivity contribution is 5.74. The van der Waals surface area contributed by atoms with Crippen LogP contribution in [-0.4, -0.2) is 43.8 Å². The molecule has 0 radical (unpaired) electrons. The molecular formula is C19H19N7O. The van der Waals surface area contributed by atoms with Crippen LogP contribution < -0.4 is 10.2 Å². The Morgan fingerprint density at radius 2 is 1.89 bits per heavy atom. The first-order valence-corrected chi connectivity index (χ1v) is 8.46. The average Bonchev–Trinajstić information content (AvgIpc) is 3.11. The number of hydrogen-bond acceptors (Lipinski definition) is 7. The molecule has 0 unspecified atom stereocenters. The molecule has 3 aromatic heterocycles. The fourth-order valence-electron chi connectivity index (χ4n) is 2.69. The number of hydrogen-bond donors (Lipinski definition) is 2. The molecule has 0 amide bonds. The number of aromatic nitrogens is 5. The first-order valence-electron chi connectivity index (χ1n) is 8.46. The van der Waals surface area contributed by atoms with Gasteiger partial charge in [-0.05, 0) is 29.8 Å². The van der Waals surface area contributed by atoms with Gasteiger partial charge in [0.2, 0.25) is 5.95 Å². The van der Waals surface area contributed by atoms with Crippen molar-refractivity contribution in [1.82, 2.24) is 24.6 Å². The van der Waals surface area contributed by atoms with Gasteiger partial charge in [-0.2, -0.15) is 4.98 Å². The highest BCUT2D eigenvalue weighted by Gasteiger charge is 2.12. The number of pyridine rings is 1. The van der Waals surface area contributed by atoms with Crippen molar-refractivity contribution in [2.45, 2.75) is 6.61 Å². The zero-order valence-corrected chi connectivity index (χ0v) is 15.0. The van der Waals surface area contributed by atoms with E-state index in [0.717, 1.165) is 22.6 Å². The highest BCUT2D eigenvalue weighted by atomic mass is 16.3. The predicted molar refractivity (Wildman–Crippen MR) is 104 cm³/mol. The summed E-state index contributed by atoms with van der Waals surface area (Å²) in [7, 11) is 3.90. The lowest BCUT2D eigenvalue weighted by Gasteiger charge is -2.11. The fraction of sp³-hybridized carbons (Fsp3) is 0.158. The van der Waals surface area contributed by atoms with Gasteiger partial charge in [0.1, 0.15) is 11.5 Å². The molecule has 0 saturated heterocycles. The highest BCUT2D eigenvalue weighted by Crippen LogP contribution is 2.23. The topological polar surface area (TPSA) is 91.5 Å². The normalized spacial score (nSPS) is 10.9. The van der Waals surface area contributed by atoms with E-state index in [2.05, 4.69) is 25.4 Å². The van der Waals surface area contributed by atoms with E-state index < -0.39 is 0 Å². The van der Waals surface area contributed by atoms with E-state index in [1.807, 2.05) is 55.4 Å². The van der Waals surface area contributed by atoms with Gasteiger partial charge >= 0.3 is 0 Å². The first-order chi connectivity index (χ1) is 13.1. The van der Waals surface area contributed by atoms with Crippen molar-refractivity contribution < 1.29 is 5.11 Å². The van der Waals surface area contributed by atoms with E-state index in [9.17, 15) is 0 Å².